The molecular formula is C19H36N2O6. The summed E-state index contributed by atoms with van der Waals surface area (Å²) < 4.78 is 5.55. The molecule has 8 heteroatoms. The monoisotopic (exact) mass is 388 g/mol. The van der Waals surface area contributed by atoms with Crippen molar-refractivity contribution in [3.63, 3.8) is 0 Å². The van der Waals surface area contributed by atoms with E-state index in [9.17, 15) is 25.2 Å². The summed E-state index contributed by atoms with van der Waals surface area (Å²) in [7, 11) is 2.05. The molecule has 2 fully saturated rings. The SMILES string of the molecule is CN1CCC(C(=O)N2CCCCCCO[C@H]([C@H](O)CO)[C@H](O)[C@H](O)C2)CC1. The van der Waals surface area contributed by atoms with Crippen molar-refractivity contribution in [3.8, 4) is 0 Å². The van der Waals surface area contributed by atoms with E-state index < -0.39 is 31.0 Å². The van der Waals surface area contributed by atoms with Gasteiger partial charge < -0.3 is 35.0 Å². The fourth-order valence-electron chi connectivity index (χ4n) is 3.88. The van der Waals surface area contributed by atoms with Crippen LogP contribution >= 0.6 is 0 Å². The molecule has 0 spiro atoms. The maximum Gasteiger partial charge on any atom is 0.225 e. The highest BCUT2D eigenvalue weighted by Gasteiger charge is 2.35. The van der Waals surface area contributed by atoms with E-state index in [0.29, 0.717) is 13.2 Å². The first-order chi connectivity index (χ1) is 12.9. The van der Waals surface area contributed by atoms with Gasteiger partial charge in [0.05, 0.1) is 6.61 Å². The number of aliphatic hydroxyl groups excluding tert-OH is 4. The van der Waals surface area contributed by atoms with Gasteiger partial charge in [0.15, 0.2) is 0 Å². The third-order valence-electron chi connectivity index (χ3n) is 5.72. The van der Waals surface area contributed by atoms with Gasteiger partial charge in [-0.3, -0.25) is 4.79 Å². The molecule has 4 atom stereocenters. The van der Waals surface area contributed by atoms with Crippen LogP contribution in [0.5, 0.6) is 0 Å². The van der Waals surface area contributed by atoms with E-state index in [1.54, 1.807) is 4.90 Å². The quantitative estimate of drug-likeness (QED) is 0.500. The molecule has 158 valence electrons. The van der Waals surface area contributed by atoms with E-state index in [1.807, 2.05) is 7.05 Å². The van der Waals surface area contributed by atoms with Crippen LogP contribution in [0.4, 0.5) is 0 Å². The third-order valence-corrected chi connectivity index (χ3v) is 5.72. The lowest BCUT2D eigenvalue weighted by atomic mass is 9.94. The molecule has 0 radical (unpaired) electrons. The number of nitrogens with zero attached hydrogens (tertiary/aromatic N) is 2. The van der Waals surface area contributed by atoms with E-state index in [-0.39, 0.29) is 18.4 Å². The molecule has 0 aromatic heterocycles. The lowest BCUT2D eigenvalue weighted by Gasteiger charge is -2.36. The number of aliphatic hydroxyl groups is 4. The van der Waals surface area contributed by atoms with Crippen molar-refractivity contribution in [1.29, 1.82) is 0 Å². The average molecular weight is 389 g/mol. The normalized spacial score (nSPS) is 31.7. The topological polar surface area (TPSA) is 114 Å². The first-order valence-electron chi connectivity index (χ1n) is 10.2. The van der Waals surface area contributed by atoms with Gasteiger partial charge in [-0.2, -0.15) is 0 Å². The number of ether oxygens (including phenoxy) is 1. The van der Waals surface area contributed by atoms with Gasteiger partial charge in [0.2, 0.25) is 5.91 Å². The van der Waals surface area contributed by atoms with Crippen molar-refractivity contribution >= 4 is 5.91 Å². The zero-order valence-electron chi connectivity index (χ0n) is 16.4. The Bertz CT molecular complexity index is 444. The van der Waals surface area contributed by atoms with Crippen LogP contribution in [-0.2, 0) is 9.53 Å². The van der Waals surface area contributed by atoms with Gasteiger partial charge in [-0.25, -0.2) is 0 Å². The number of β-amino-alcohol motifs (C(OH)–C–C–N with tert-alkyl or cyclic N) is 1. The summed E-state index contributed by atoms with van der Waals surface area (Å²) in [6, 6.07) is 0. The summed E-state index contributed by atoms with van der Waals surface area (Å²) >= 11 is 0. The molecule has 2 rings (SSSR count). The second-order valence-corrected chi connectivity index (χ2v) is 7.92. The van der Waals surface area contributed by atoms with Crippen molar-refractivity contribution in [2.45, 2.75) is 62.9 Å². The predicted molar refractivity (Wildman–Crippen MR) is 100 cm³/mol. The molecule has 2 aliphatic rings. The molecule has 0 unspecified atom stereocenters. The Balaban J connectivity index is 2.06. The number of carbonyl (C=O) groups excluding carboxylic acids is 1. The molecule has 4 N–H and O–H groups in total. The Labute approximate surface area is 161 Å². The van der Waals surface area contributed by atoms with Crippen molar-refractivity contribution in [2.24, 2.45) is 5.92 Å². The molecule has 1 amide bonds. The highest BCUT2D eigenvalue weighted by molar-refractivity contribution is 5.79. The Morgan fingerprint density at radius 1 is 1.11 bits per heavy atom. The summed E-state index contributed by atoms with van der Waals surface area (Å²) in [6.45, 7) is 2.12. The molecule has 2 aliphatic heterocycles. The molecule has 0 bridgehead atoms. The predicted octanol–water partition coefficient (Wildman–Crippen LogP) is -0.809. The van der Waals surface area contributed by atoms with Gasteiger partial charge in [0.1, 0.15) is 24.4 Å². The van der Waals surface area contributed by atoms with Gasteiger partial charge in [-0.05, 0) is 45.8 Å². The molecule has 27 heavy (non-hydrogen) atoms. The second kappa shape index (κ2) is 11.3. The van der Waals surface area contributed by atoms with E-state index in [0.717, 1.165) is 51.6 Å². The first-order valence-corrected chi connectivity index (χ1v) is 10.2. The van der Waals surface area contributed by atoms with Crippen LogP contribution in [0, 0.1) is 5.92 Å². The fourth-order valence-corrected chi connectivity index (χ4v) is 3.88. The maximum atomic E-state index is 13.0. The number of piperidine rings is 1. The smallest absolute Gasteiger partial charge is 0.225 e. The number of amides is 1. The number of likely N-dealkylation sites (tertiary alicyclic amines) is 1. The van der Waals surface area contributed by atoms with E-state index in [4.69, 9.17) is 4.74 Å². The number of rotatable bonds is 3. The van der Waals surface area contributed by atoms with E-state index >= 15 is 0 Å². The lowest BCUT2D eigenvalue weighted by Crippen LogP contribution is -2.53. The Morgan fingerprint density at radius 3 is 2.44 bits per heavy atom. The molecule has 0 saturated carbocycles. The van der Waals surface area contributed by atoms with Gasteiger partial charge >= 0.3 is 0 Å². The second-order valence-electron chi connectivity index (χ2n) is 7.92. The summed E-state index contributed by atoms with van der Waals surface area (Å²) in [4.78, 5) is 16.9. The lowest BCUT2D eigenvalue weighted by molar-refractivity contribution is -0.154. The van der Waals surface area contributed by atoms with Crippen molar-refractivity contribution in [2.75, 3.05) is 46.4 Å². The highest BCUT2D eigenvalue weighted by atomic mass is 16.5. The fraction of sp³-hybridized carbons (Fsp3) is 0.947. The highest BCUT2D eigenvalue weighted by Crippen LogP contribution is 2.21. The van der Waals surface area contributed by atoms with Crippen LogP contribution in [-0.4, -0.2) is 107 Å². The summed E-state index contributed by atoms with van der Waals surface area (Å²) in [6.07, 6.45) is 0.123. The summed E-state index contributed by atoms with van der Waals surface area (Å²) in [5, 5.41) is 40.2. The average Bonchev–Trinajstić information content (AvgIpc) is 2.67. The molecule has 0 aliphatic carbocycles. The van der Waals surface area contributed by atoms with E-state index in [2.05, 4.69) is 4.90 Å². The largest absolute Gasteiger partial charge is 0.394 e. The molecule has 8 nitrogen and oxygen atoms in total. The van der Waals surface area contributed by atoms with Crippen molar-refractivity contribution in [1.82, 2.24) is 9.80 Å². The minimum atomic E-state index is -1.38. The van der Waals surface area contributed by atoms with Crippen LogP contribution in [0.25, 0.3) is 0 Å². The minimum Gasteiger partial charge on any atom is -0.394 e. The summed E-state index contributed by atoms with van der Waals surface area (Å²) in [5.74, 6) is -0.0138. The molecule has 2 saturated heterocycles. The third kappa shape index (κ3) is 6.66. The zero-order chi connectivity index (χ0) is 19.8. The molecule has 2 heterocycles. The number of carbonyl (C=O) groups is 1. The maximum absolute atomic E-state index is 13.0. The van der Waals surface area contributed by atoms with Crippen LogP contribution in [0.1, 0.15) is 38.5 Å². The first kappa shape index (κ1) is 22.5. The standard InChI is InChI=1S/C19H36N2O6/c1-20-9-6-14(7-10-20)19(26)21-8-4-2-3-5-11-27-18(16(24)13-22)17(25)15(23)12-21/h14-18,22-25H,2-13H2,1H3/t15-,16-,17-,18-/m1/s1. The van der Waals surface area contributed by atoms with Crippen LogP contribution in [0.15, 0.2) is 0 Å². The van der Waals surface area contributed by atoms with Gasteiger partial charge in [-0.15, -0.1) is 0 Å². The van der Waals surface area contributed by atoms with Crippen LogP contribution in [0.2, 0.25) is 0 Å². The number of hydrogen-bond donors (Lipinski definition) is 4. The van der Waals surface area contributed by atoms with Crippen molar-refractivity contribution < 1.29 is 30.0 Å². The molecule has 0 aromatic carbocycles. The van der Waals surface area contributed by atoms with Gasteiger partial charge in [0, 0.05) is 25.6 Å². The van der Waals surface area contributed by atoms with Crippen molar-refractivity contribution in [3.05, 3.63) is 0 Å². The zero-order valence-corrected chi connectivity index (χ0v) is 16.4. The Morgan fingerprint density at radius 2 is 1.78 bits per heavy atom. The van der Waals surface area contributed by atoms with Crippen LogP contribution in [0.3, 0.4) is 0 Å². The van der Waals surface area contributed by atoms with Crippen LogP contribution < -0.4 is 0 Å². The minimum absolute atomic E-state index is 0.00431. The van der Waals surface area contributed by atoms with Gasteiger partial charge in [0.25, 0.3) is 0 Å². The van der Waals surface area contributed by atoms with E-state index in [1.165, 1.54) is 0 Å². The Kier molecular flexibility index (Phi) is 9.41. The molecular weight excluding hydrogens is 352 g/mol. The Hall–Kier alpha value is -0.770. The van der Waals surface area contributed by atoms with Gasteiger partial charge in [-0.1, -0.05) is 12.8 Å². The summed E-state index contributed by atoms with van der Waals surface area (Å²) in [5.41, 5.74) is 0. The number of hydrogen-bond acceptors (Lipinski definition) is 7. The molecule has 0 aromatic rings.